The Bertz CT molecular complexity index is 3590. The third-order valence-electron chi connectivity index (χ3n) is 12.6. The van der Waals surface area contributed by atoms with E-state index in [-0.39, 0.29) is 0 Å². The van der Waals surface area contributed by atoms with E-state index in [1.165, 1.54) is 91.8 Å². The van der Waals surface area contributed by atoms with Crippen LogP contribution in [0, 0.1) is 0 Å². The van der Waals surface area contributed by atoms with Crippen molar-refractivity contribution in [2.24, 2.45) is 0 Å². The zero-order chi connectivity index (χ0) is 42.4. The van der Waals surface area contributed by atoms with Crippen molar-refractivity contribution in [2.45, 2.75) is 0 Å². The second-order valence-electron chi connectivity index (χ2n) is 16.4. The van der Waals surface area contributed by atoms with Crippen molar-refractivity contribution in [3.05, 3.63) is 249 Å². The highest BCUT2D eigenvalue weighted by Gasteiger charge is 2.26. The van der Waals surface area contributed by atoms with E-state index in [1.54, 1.807) is 0 Å². The molecule has 0 saturated heterocycles. The summed E-state index contributed by atoms with van der Waals surface area (Å²) in [5, 5.41) is 7.41. The minimum absolute atomic E-state index is 1.09. The number of rotatable bonds is 8. The SMILES string of the molecule is c1ccc(-c2cc(-c3ccccc3)cc(-c3ccc(N(c4c(-c5cccc(-c6ccccc6)c5)c5ccccc5c5ccccc45)c4cccc5sc6ccccc6c45)cc3)c2)cc1. The normalized spacial score (nSPS) is 11.4. The highest BCUT2D eigenvalue weighted by Crippen LogP contribution is 2.52. The minimum atomic E-state index is 1.09. The smallest absolute Gasteiger partial charge is 0.0625 e. The Kier molecular flexibility index (Phi) is 9.43. The first kappa shape index (κ1) is 37.7. The molecule has 1 heterocycles. The quantitative estimate of drug-likeness (QED) is 0.138. The Morgan fingerprint density at radius 3 is 1.31 bits per heavy atom. The molecule has 0 amide bonds. The second-order valence-corrected chi connectivity index (χ2v) is 17.5. The number of hydrogen-bond acceptors (Lipinski definition) is 2. The van der Waals surface area contributed by atoms with Gasteiger partial charge in [-0.3, -0.25) is 0 Å². The predicted molar refractivity (Wildman–Crippen MR) is 276 cm³/mol. The van der Waals surface area contributed by atoms with Gasteiger partial charge in [-0.15, -0.1) is 11.3 Å². The molecule has 64 heavy (non-hydrogen) atoms. The van der Waals surface area contributed by atoms with E-state index in [2.05, 4.69) is 254 Å². The topological polar surface area (TPSA) is 3.24 Å². The van der Waals surface area contributed by atoms with Gasteiger partial charge in [0, 0.05) is 36.8 Å². The van der Waals surface area contributed by atoms with Crippen LogP contribution in [0.5, 0.6) is 0 Å². The van der Waals surface area contributed by atoms with Gasteiger partial charge in [0.2, 0.25) is 0 Å². The average Bonchev–Trinajstić information content (AvgIpc) is 3.77. The van der Waals surface area contributed by atoms with Gasteiger partial charge >= 0.3 is 0 Å². The van der Waals surface area contributed by atoms with Gasteiger partial charge in [0.15, 0.2) is 0 Å². The lowest BCUT2D eigenvalue weighted by Gasteiger charge is -2.31. The maximum atomic E-state index is 2.56. The lowest BCUT2D eigenvalue weighted by atomic mass is 9.88. The van der Waals surface area contributed by atoms with Gasteiger partial charge in [-0.25, -0.2) is 0 Å². The number of thiophene rings is 1. The first-order chi connectivity index (χ1) is 31.7. The van der Waals surface area contributed by atoms with Crippen LogP contribution in [0.2, 0.25) is 0 Å². The molecule has 12 aromatic rings. The van der Waals surface area contributed by atoms with Crippen LogP contribution in [0.4, 0.5) is 17.1 Å². The summed E-state index contributed by atoms with van der Waals surface area (Å²) in [6.07, 6.45) is 0. The summed E-state index contributed by atoms with van der Waals surface area (Å²) >= 11 is 1.86. The molecule has 2 heteroatoms. The van der Waals surface area contributed by atoms with E-state index in [0.717, 1.165) is 22.6 Å². The van der Waals surface area contributed by atoms with Crippen molar-refractivity contribution in [1.29, 1.82) is 0 Å². The van der Waals surface area contributed by atoms with E-state index < -0.39 is 0 Å². The molecule has 1 aromatic heterocycles. The van der Waals surface area contributed by atoms with E-state index >= 15 is 0 Å². The Labute approximate surface area is 377 Å². The van der Waals surface area contributed by atoms with E-state index in [1.807, 2.05) is 11.3 Å². The van der Waals surface area contributed by atoms with Gasteiger partial charge in [0.1, 0.15) is 0 Å². The van der Waals surface area contributed by atoms with Crippen LogP contribution >= 0.6 is 11.3 Å². The van der Waals surface area contributed by atoms with E-state index in [9.17, 15) is 0 Å². The lowest BCUT2D eigenvalue weighted by molar-refractivity contribution is 1.32. The number of hydrogen-bond donors (Lipinski definition) is 0. The fraction of sp³-hybridized carbons (Fsp3) is 0. The molecule has 0 aliphatic rings. The van der Waals surface area contributed by atoms with Crippen molar-refractivity contribution in [3.8, 4) is 55.6 Å². The highest BCUT2D eigenvalue weighted by atomic mass is 32.1. The maximum Gasteiger partial charge on any atom is 0.0625 e. The second kappa shape index (κ2) is 16.0. The maximum absolute atomic E-state index is 2.56. The molecule has 0 spiro atoms. The fourth-order valence-electron chi connectivity index (χ4n) is 9.65. The van der Waals surface area contributed by atoms with Crippen LogP contribution in [0.25, 0.3) is 97.4 Å². The number of benzene rings is 11. The first-order valence-electron chi connectivity index (χ1n) is 21.9. The Balaban J connectivity index is 1.14. The zero-order valence-electron chi connectivity index (χ0n) is 35.0. The predicted octanol–water partition coefficient (Wildman–Crippen LogP) is 18.2. The molecule has 1 nitrogen and oxygen atoms in total. The molecular weight excluding hydrogens is 791 g/mol. The first-order valence-corrected chi connectivity index (χ1v) is 22.7. The van der Waals surface area contributed by atoms with Gasteiger partial charge in [-0.1, -0.05) is 194 Å². The Morgan fingerprint density at radius 2 is 0.688 bits per heavy atom. The Morgan fingerprint density at radius 1 is 0.266 bits per heavy atom. The summed E-state index contributed by atoms with van der Waals surface area (Å²) in [5.74, 6) is 0. The van der Waals surface area contributed by atoms with Gasteiger partial charge in [0.25, 0.3) is 0 Å². The summed E-state index contributed by atoms with van der Waals surface area (Å²) in [6, 6.07) is 91.1. The third kappa shape index (κ3) is 6.64. The monoisotopic (exact) mass is 831 g/mol. The number of anilines is 3. The van der Waals surface area contributed by atoms with Gasteiger partial charge in [-0.2, -0.15) is 0 Å². The molecule has 0 atom stereocenters. The fourth-order valence-corrected chi connectivity index (χ4v) is 10.8. The largest absolute Gasteiger partial charge is 0.309 e. The molecule has 12 rings (SSSR count). The summed E-state index contributed by atoms with van der Waals surface area (Å²) in [7, 11) is 0. The van der Waals surface area contributed by atoms with Crippen LogP contribution in [0.3, 0.4) is 0 Å². The highest BCUT2D eigenvalue weighted by molar-refractivity contribution is 7.26. The minimum Gasteiger partial charge on any atom is -0.309 e. The summed E-state index contributed by atoms with van der Waals surface area (Å²) in [6.45, 7) is 0. The summed E-state index contributed by atoms with van der Waals surface area (Å²) < 4.78 is 2.55. The standard InChI is InChI=1S/C62H41NS/c1-4-18-42(19-5-1)46-24-16-25-47(38-46)60-54-28-12-10-26-52(54)53-27-11-13-29-55(53)62(60)63(57-31-17-33-59-61(57)56-30-14-15-32-58(56)64-59)51-36-34-45(35-37-51)50-40-48(43-20-6-2-7-21-43)39-49(41-50)44-22-8-3-9-23-44/h1-41H. The molecule has 0 aliphatic carbocycles. The van der Waals surface area contributed by atoms with Crippen LogP contribution in [-0.2, 0) is 0 Å². The third-order valence-corrected chi connectivity index (χ3v) is 13.8. The van der Waals surface area contributed by atoms with E-state index in [0.29, 0.717) is 0 Å². The van der Waals surface area contributed by atoms with E-state index in [4.69, 9.17) is 0 Å². The molecule has 300 valence electrons. The summed E-state index contributed by atoms with van der Waals surface area (Å²) in [5.41, 5.74) is 15.3. The number of nitrogens with zero attached hydrogens (tertiary/aromatic N) is 1. The van der Waals surface area contributed by atoms with Crippen molar-refractivity contribution < 1.29 is 0 Å². The van der Waals surface area contributed by atoms with Crippen molar-refractivity contribution in [3.63, 3.8) is 0 Å². The molecule has 0 saturated carbocycles. The van der Waals surface area contributed by atoms with Gasteiger partial charge in [-0.05, 0) is 121 Å². The zero-order valence-corrected chi connectivity index (χ0v) is 35.8. The van der Waals surface area contributed by atoms with Crippen LogP contribution in [0.15, 0.2) is 249 Å². The molecule has 11 aromatic carbocycles. The van der Waals surface area contributed by atoms with Crippen molar-refractivity contribution >= 4 is 70.1 Å². The average molecular weight is 832 g/mol. The van der Waals surface area contributed by atoms with Crippen molar-refractivity contribution in [2.75, 3.05) is 4.90 Å². The molecule has 0 aliphatic heterocycles. The van der Waals surface area contributed by atoms with Crippen molar-refractivity contribution in [1.82, 2.24) is 0 Å². The summed E-state index contributed by atoms with van der Waals surface area (Å²) in [4.78, 5) is 2.56. The molecular formula is C62H41NS. The molecule has 0 bridgehead atoms. The lowest BCUT2D eigenvalue weighted by Crippen LogP contribution is -2.13. The molecule has 0 radical (unpaired) electrons. The number of fused-ring (bicyclic) bond motifs is 6. The van der Waals surface area contributed by atoms with Gasteiger partial charge < -0.3 is 4.90 Å². The molecule has 0 fully saturated rings. The van der Waals surface area contributed by atoms with Crippen LogP contribution in [0.1, 0.15) is 0 Å². The molecule has 0 unspecified atom stereocenters. The van der Waals surface area contributed by atoms with Crippen LogP contribution < -0.4 is 4.90 Å². The Hall–Kier alpha value is -8.04. The van der Waals surface area contributed by atoms with Gasteiger partial charge in [0.05, 0.1) is 11.4 Å². The molecule has 0 N–H and O–H groups in total. The van der Waals surface area contributed by atoms with Crippen LogP contribution in [-0.4, -0.2) is 0 Å².